The largest absolute Gasteiger partial charge is 0.507 e. The minimum atomic E-state index is -0.768. The van der Waals surface area contributed by atoms with Gasteiger partial charge < -0.3 is 19.5 Å². The summed E-state index contributed by atoms with van der Waals surface area (Å²) in [4.78, 5) is 27.6. The van der Waals surface area contributed by atoms with Crippen molar-refractivity contribution >= 4 is 40.7 Å². The number of halogens is 2. The van der Waals surface area contributed by atoms with Crippen LogP contribution in [0, 0.1) is 6.92 Å². The van der Waals surface area contributed by atoms with Gasteiger partial charge in [0.25, 0.3) is 11.7 Å². The number of aliphatic hydroxyl groups is 1. The van der Waals surface area contributed by atoms with Crippen LogP contribution in [0.2, 0.25) is 10.0 Å². The second kappa shape index (κ2) is 9.84. The van der Waals surface area contributed by atoms with E-state index in [0.29, 0.717) is 6.54 Å². The number of Topliss-reactive ketones (excluding diaryl/α,β-unsaturated/α-hetero) is 1. The number of amides is 1. The smallest absolute Gasteiger partial charge is 0.295 e. The third-order valence-electron chi connectivity index (χ3n) is 5.45. The Morgan fingerprint density at radius 1 is 1.12 bits per heavy atom. The number of rotatable bonds is 7. The Morgan fingerprint density at radius 2 is 1.81 bits per heavy atom. The molecule has 1 unspecified atom stereocenters. The molecule has 0 aliphatic carbocycles. The molecule has 1 heterocycles. The van der Waals surface area contributed by atoms with Crippen molar-refractivity contribution in [3.63, 3.8) is 0 Å². The molecule has 1 N–H and O–H groups in total. The van der Waals surface area contributed by atoms with Gasteiger partial charge in [0.1, 0.15) is 10.8 Å². The fourth-order valence-electron chi connectivity index (χ4n) is 3.92. The van der Waals surface area contributed by atoms with Crippen molar-refractivity contribution in [2.45, 2.75) is 32.7 Å². The van der Waals surface area contributed by atoms with Crippen LogP contribution in [0.5, 0.6) is 11.5 Å². The number of ether oxygens (including phenoxy) is 2. The Balaban J connectivity index is 2.29. The zero-order valence-electron chi connectivity index (χ0n) is 18.4. The third kappa shape index (κ3) is 4.17. The van der Waals surface area contributed by atoms with Gasteiger partial charge in [-0.2, -0.15) is 0 Å². The second-order valence-electron chi connectivity index (χ2n) is 7.55. The van der Waals surface area contributed by atoms with E-state index in [0.717, 1.165) is 24.0 Å². The maximum absolute atomic E-state index is 13.1. The summed E-state index contributed by atoms with van der Waals surface area (Å²) in [7, 11) is 2.78. The first-order valence-electron chi connectivity index (χ1n) is 10.2. The first-order valence-corrected chi connectivity index (χ1v) is 11.0. The first-order chi connectivity index (χ1) is 15.3. The van der Waals surface area contributed by atoms with Crippen LogP contribution in [0.3, 0.4) is 0 Å². The molecule has 3 rings (SSSR count). The van der Waals surface area contributed by atoms with E-state index in [4.69, 9.17) is 32.7 Å². The van der Waals surface area contributed by atoms with Crippen LogP contribution in [0.15, 0.2) is 35.9 Å². The highest BCUT2D eigenvalue weighted by Crippen LogP contribution is 2.47. The van der Waals surface area contributed by atoms with Crippen LogP contribution in [-0.2, 0) is 9.59 Å². The summed E-state index contributed by atoms with van der Waals surface area (Å²) < 4.78 is 10.6. The van der Waals surface area contributed by atoms with E-state index in [9.17, 15) is 14.7 Å². The van der Waals surface area contributed by atoms with Crippen molar-refractivity contribution in [2.24, 2.45) is 0 Å². The van der Waals surface area contributed by atoms with Gasteiger partial charge in [-0.15, -0.1) is 0 Å². The highest BCUT2D eigenvalue weighted by Gasteiger charge is 2.46. The topological polar surface area (TPSA) is 76.1 Å². The van der Waals surface area contributed by atoms with Gasteiger partial charge in [-0.25, -0.2) is 0 Å². The molecular weight excluding hydrogens is 453 g/mol. The molecule has 0 bridgehead atoms. The molecule has 8 heteroatoms. The lowest BCUT2D eigenvalue weighted by atomic mass is 9.94. The maximum atomic E-state index is 13.1. The van der Waals surface area contributed by atoms with E-state index in [1.54, 1.807) is 0 Å². The zero-order chi connectivity index (χ0) is 23.6. The summed E-state index contributed by atoms with van der Waals surface area (Å²) in [5.41, 5.74) is 1.77. The normalized spacial score (nSPS) is 17.7. The van der Waals surface area contributed by atoms with Crippen LogP contribution < -0.4 is 9.47 Å². The van der Waals surface area contributed by atoms with E-state index in [1.807, 2.05) is 38.1 Å². The van der Waals surface area contributed by atoms with Gasteiger partial charge in [-0.1, -0.05) is 66.4 Å². The van der Waals surface area contributed by atoms with Gasteiger partial charge in [0.15, 0.2) is 11.5 Å². The molecule has 1 aliphatic heterocycles. The maximum Gasteiger partial charge on any atom is 0.295 e. The van der Waals surface area contributed by atoms with Crippen molar-refractivity contribution in [3.05, 3.63) is 62.6 Å². The lowest BCUT2D eigenvalue weighted by Gasteiger charge is -2.25. The average Bonchev–Trinajstić information content (AvgIpc) is 3.02. The number of unbranched alkanes of at least 4 members (excludes halogenated alkanes) is 1. The molecule has 0 radical (unpaired) electrons. The predicted octanol–water partition coefficient (Wildman–Crippen LogP) is 5.54. The number of hydrogen-bond acceptors (Lipinski definition) is 5. The Hall–Kier alpha value is -2.70. The SMILES string of the molecule is CCCCN1C(=O)C(=O)/C(=C(/O)c2cc(Cl)c(OC)c(Cl)c2OC)C1c1cccc(C)c1. The Kier molecular flexibility index (Phi) is 7.36. The van der Waals surface area contributed by atoms with E-state index < -0.39 is 23.5 Å². The molecule has 0 saturated carbocycles. The highest BCUT2D eigenvalue weighted by molar-refractivity contribution is 6.47. The quantitative estimate of drug-likeness (QED) is 0.321. The van der Waals surface area contributed by atoms with Crippen LogP contribution in [0.4, 0.5) is 0 Å². The van der Waals surface area contributed by atoms with Gasteiger partial charge in [-0.3, -0.25) is 9.59 Å². The van der Waals surface area contributed by atoms with Gasteiger partial charge in [-0.05, 0) is 25.0 Å². The summed E-state index contributed by atoms with van der Waals surface area (Å²) in [6.45, 7) is 4.32. The number of benzene rings is 2. The number of carbonyl (C=O) groups excluding carboxylic acids is 2. The number of carbonyl (C=O) groups is 2. The first kappa shape index (κ1) is 24.0. The van der Waals surface area contributed by atoms with E-state index in [-0.39, 0.29) is 32.7 Å². The third-order valence-corrected chi connectivity index (χ3v) is 6.07. The molecular formula is C24H25Cl2NO5. The molecule has 6 nitrogen and oxygen atoms in total. The van der Waals surface area contributed by atoms with Crippen molar-refractivity contribution in [3.8, 4) is 11.5 Å². The molecule has 2 aromatic rings. The standard InChI is InChI=1S/C24H25Cl2NO5/c1-5-6-10-27-19(14-9-7-8-13(2)11-14)17(21(29)24(27)30)20(28)15-12-16(25)23(32-4)18(26)22(15)31-3/h7-9,11-12,19,28H,5-6,10H2,1-4H3/b20-17+. The lowest BCUT2D eigenvalue weighted by molar-refractivity contribution is -0.139. The van der Waals surface area contributed by atoms with Crippen LogP contribution in [0.25, 0.3) is 5.76 Å². The highest BCUT2D eigenvalue weighted by atomic mass is 35.5. The minimum absolute atomic E-state index is 0.0349. The Morgan fingerprint density at radius 3 is 2.41 bits per heavy atom. The summed E-state index contributed by atoms with van der Waals surface area (Å²) in [5.74, 6) is -1.56. The number of hydrogen-bond donors (Lipinski definition) is 1. The molecule has 1 amide bonds. The van der Waals surface area contributed by atoms with Crippen molar-refractivity contribution in [1.82, 2.24) is 4.90 Å². The average molecular weight is 478 g/mol. The van der Waals surface area contributed by atoms with Gasteiger partial charge in [0.05, 0.1) is 36.4 Å². The summed E-state index contributed by atoms with van der Waals surface area (Å²) in [5, 5.41) is 11.5. The number of likely N-dealkylation sites (tertiary alicyclic amines) is 1. The summed E-state index contributed by atoms with van der Waals surface area (Å²) in [6, 6.07) is 8.17. The molecule has 1 saturated heterocycles. The molecule has 2 aromatic carbocycles. The van der Waals surface area contributed by atoms with Crippen LogP contribution in [-0.4, -0.2) is 42.5 Å². The van der Waals surface area contributed by atoms with Crippen LogP contribution in [0.1, 0.15) is 42.5 Å². The van der Waals surface area contributed by atoms with E-state index >= 15 is 0 Å². The summed E-state index contributed by atoms with van der Waals surface area (Å²) in [6.07, 6.45) is 1.57. The molecule has 170 valence electrons. The number of nitrogens with zero attached hydrogens (tertiary/aromatic N) is 1. The van der Waals surface area contributed by atoms with Crippen molar-refractivity contribution in [1.29, 1.82) is 0 Å². The minimum Gasteiger partial charge on any atom is -0.507 e. The molecule has 1 fully saturated rings. The van der Waals surface area contributed by atoms with Crippen molar-refractivity contribution in [2.75, 3.05) is 20.8 Å². The van der Waals surface area contributed by atoms with Gasteiger partial charge in [0.2, 0.25) is 0 Å². The predicted molar refractivity (Wildman–Crippen MR) is 125 cm³/mol. The fourth-order valence-corrected chi connectivity index (χ4v) is 4.60. The van der Waals surface area contributed by atoms with E-state index in [2.05, 4.69) is 0 Å². The number of methoxy groups -OCH3 is 2. The Bertz CT molecular complexity index is 1100. The molecule has 0 aromatic heterocycles. The Labute approximate surface area is 197 Å². The van der Waals surface area contributed by atoms with E-state index in [1.165, 1.54) is 25.2 Å². The zero-order valence-corrected chi connectivity index (χ0v) is 19.9. The number of ketones is 1. The summed E-state index contributed by atoms with van der Waals surface area (Å²) >= 11 is 12.7. The molecule has 1 atom stereocenters. The molecule has 1 aliphatic rings. The molecule has 32 heavy (non-hydrogen) atoms. The lowest BCUT2D eigenvalue weighted by Crippen LogP contribution is -2.30. The monoisotopic (exact) mass is 477 g/mol. The van der Waals surface area contributed by atoms with Gasteiger partial charge in [0, 0.05) is 6.54 Å². The van der Waals surface area contributed by atoms with Gasteiger partial charge >= 0.3 is 0 Å². The van der Waals surface area contributed by atoms with Crippen LogP contribution >= 0.6 is 23.2 Å². The molecule has 0 spiro atoms. The fraction of sp³-hybridized carbons (Fsp3) is 0.333. The van der Waals surface area contributed by atoms with Crippen molar-refractivity contribution < 1.29 is 24.2 Å². The second-order valence-corrected chi connectivity index (χ2v) is 8.33. The number of aliphatic hydroxyl groups excluding tert-OH is 1. The number of aryl methyl sites for hydroxylation is 1.